The first kappa shape index (κ1) is 18.0. The van der Waals surface area contributed by atoms with E-state index in [4.69, 9.17) is 4.42 Å². The SMILES string of the molecule is O=C(NCc1ccco1)C1CCCN(C(=O)c2cccn2-c2cccnc2)C1. The van der Waals surface area contributed by atoms with Gasteiger partial charge in [-0.2, -0.15) is 0 Å². The first-order valence-corrected chi connectivity index (χ1v) is 9.39. The van der Waals surface area contributed by atoms with Gasteiger partial charge in [0, 0.05) is 25.5 Å². The smallest absolute Gasteiger partial charge is 0.270 e. The van der Waals surface area contributed by atoms with E-state index in [0.717, 1.165) is 18.5 Å². The zero-order chi connectivity index (χ0) is 19.3. The predicted molar refractivity (Wildman–Crippen MR) is 103 cm³/mol. The lowest BCUT2D eigenvalue weighted by molar-refractivity contribution is -0.126. The minimum atomic E-state index is -0.213. The molecule has 3 aromatic heterocycles. The lowest BCUT2D eigenvalue weighted by Gasteiger charge is -2.32. The van der Waals surface area contributed by atoms with E-state index in [9.17, 15) is 9.59 Å². The third-order valence-electron chi connectivity index (χ3n) is 4.99. The monoisotopic (exact) mass is 378 g/mol. The molecule has 0 saturated carbocycles. The summed E-state index contributed by atoms with van der Waals surface area (Å²) in [6, 6.07) is 11.0. The van der Waals surface area contributed by atoms with E-state index in [1.165, 1.54) is 0 Å². The molecule has 1 saturated heterocycles. The summed E-state index contributed by atoms with van der Waals surface area (Å²) in [6.45, 7) is 1.43. The summed E-state index contributed by atoms with van der Waals surface area (Å²) in [4.78, 5) is 31.5. The van der Waals surface area contributed by atoms with Crippen LogP contribution in [0.3, 0.4) is 0 Å². The molecule has 144 valence electrons. The topological polar surface area (TPSA) is 80.4 Å². The van der Waals surface area contributed by atoms with Gasteiger partial charge in [0.15, 0.2) is 0 Å². The Morgan fingerprint density at radius 3 is 2.93 bits per heavy atom. The van der Waals surface area contributed by atoms with Gasteiger partial charge in [-0.25, -0.2) is 0 Å². The van der Waals surface area contributed by atoms with E-state index in [2.05, 4.69) is 10.3 Å². The number of hydrogen-bond donors (Lipinski definition) is 1. The standard InChI is InChI=1S/C21H22N4O3/c26-20(23-14-18-7-4-12-28-18)16-5-2-10-24(15-16)21(27)19-8-3-11-25(19)17-6-1-9-22-13-17/h1,3-4,6-9,11-13,16H,2,5,10,14-15H2,(H,23,26). The van der Waals surface area contributed by atoms with Crippen LogP contribution in [0.25, 0.3) is 5.69 Å². The number of nitrogens with zero attached hydrogens (tertiary/aromatic N) is 3. The third kappa shape index (κ3) is 3.83. The Kier molecular flexibility index (Phi) is 5.23. The van der Waals surface area contributed by atoms with Gasteiger partial charge in [-0.1, -0.05) is 0 Å². The maximum absolute atomic E-state index is 13.1. The van der Waals surface area contributed by atoms with Crippen molar-refractivity contribution < 1.29 is 14.0 Å². The van der Waals surface area contributed by atoms with E-state index in [0.29, 0.717) is 31.1 Å². The molecule has 1 atom stereocenters. The zero-order valence-corrected chi connectivity index (χ0v) is 15.5. The van der Waals surface area contributed by atoms with Gasteiger partial charge in [0.2, 0.25) is 5.91 Å². The first-order valence-electron chi connectivity index (χ1n) is 9.39. The van der Waals surface area contributed by atoms with Crippen molar-refractivity contribution in [3.8, 4) is 5.69 Å². The molecule has 7 nitrogen and oxygen atoms in total. The summed E-state index contributed by atoms with van der Waals surface area (Å²) >= 11 is 0. The van der Waals surface area contributed by atoms with E-state index < -0.39 is 0 Å². The summed E-state index contributed by atoms with van der Waals surface area (Å²) in [6.07, 6.45) is 8.43. The lowest BCUT2D eigenvalue weighted by Crippen LogP contribution is -2.45. The molecule has 1 unspecified atom stereocenters. The number of piperidine rings is 1. The van der Waals surface area contributed by atoms with Crippen molar-refractivity contribution in [3.63, 3.8) is 0 Å². The number of carbonyl (C=O) groups is 2. The highest BCUT2D eigenvalue weighted by atomic mass is 16.3. The Morgan fingerprint density at radius 2 is 2.14 bits per heavy atom. The number of carbonyl (C=O) groups excluding carboxylic acids is 2. The fraction of sp³-hybridized carbons (Fsp3) is 0.286. The number of likely N-dealkylation sites (tertiary alicyclic amines) is 1. The van der Waals surface area contributed by atoms with E-state index in [-0.39, 0.29) is 17.7 Å². The van der Waals surface area contributed by atoms with Crippen LogP contribution in [0.15, 0.2) is 65.7 Å². The van der Waals surface area contributed by atoms with E-state index in [1.807, 2.05) is 35.0 Å². The molecule has 1 fully saturated rings. The molecule has 1 aliphatic heterocycles. The molecule has 28 heavy (non-hydrogen) atoms. The predicted octanol–water partition coefficient (Wildman–Crippen LogP) is 2.63. The van der Waals surface area contributed by atoms with Gasteiger partial charge in [0.1, 0.15) is 11.5 Å². The summed E-state index contributed by atoms with van der Waals surface area (Å²) in [5.41, 5.74) is 1.41. The van der Waals surface area contributed by atoms with Crippen LogP contribution >= 0.6 is 0 Å². The average molecular weight is 378 g/mol. The lowest BCUT2D eigenvalue weighted by atomic mass is 9.97. The Balaban J connectivity index is 1.43. The summed E-state index contributed by atoms with van der Waals surface area (Å²) < 4.78 is 7.08. The van der Waals surface area contributed by atoms with Gasteiger partial charge in [0.25, 0.3) is 5.91 Å². The zero-order valence-electron chi connectivity index (χ0n) is 15.5. The van der Waals surface area contributed by atoms with Crippen LogP contribution in [0, 0.1) is 5.92 Å². The molecule has 4 rings (SSSR count). The number of pyridine rings is 1. The van der Waals surface area contributed by atoms with Gasteiger partial charge in [-0.05, 0) is 49.2 Å². The number of amides is 2. The largest absolute Gasteiger partial charge is 0.467 e. The Bertz CT molecular complexity index is 934. The van der Waals surface area contributed by atoms with Crippen LogP contribution < -0.4 is 5.32 Å². The second kappa shape index (κ2) is 8.12. The Labute approximate surface area is 163 Å². The summed E-state index contributed by atoms with van der Waals surface area (Å²) in [5.74, 6) is 0.384. The van der Waals surface area contributed by atoms with Crippen molar-refractivity contribution in [3.05, 3.63) is 72.7 Å². The van der Waals surface area contributed by atoms with Gasteiger partial charge in [0.05, 0.1) is 30.6 Å². The van der Waals surface area contributed by atoms with Crippen LogP contribution in [0.4, 0.5) is 0 Å². The minimum absolute atomic E-state index is 0.0449. The highest BCUT2D eigenvalue weighted by molar-refractivity contribution is 5.94. The second-order valence-electron chi connectivity index (χ2n) is 6.86. The Morgan fingerprint density at radius 1 is 1.21 bits per heavy atom. The molecule has 1 N–H and O–H groups in total. The molecule has 0 aliphatic carbocycles. The van der Waals surface area contributed by atoms with Crippen LogP contribution in [0.1, 0.15) is 29.1 Å². The maximum atomic E-state index is 13.1. The van der Waals surface area contributed by atoms with Crippen LogP contribution in [0.2, 0.25) is 0 Å². The average Bonchev–Trinajstić information content (AvgIpc) is 3.44. The number of nitrogens with one attached hydrogen (secondary N) is 1. The molecule has 7 heteroatoms. The molecule has 3 aromatic rings. The van der Waals surface area contributed by atoms with Gasteiger partial charge in [-0.3, -0.25) is 14.6 Å². The molecule has 2 amide bonds. The molecule has 1 aliphatic rings. The summed E-state index contributed by atoms with van der Waals surface area (Å²) in [7, 11) is 0. The highest BCUT2D eigenvalue weighted by Crippen LogP contribution is 2.21. The fourth-order valence-electron chi connectivity index (χ4n) is 3.55. The van der Waals surface area contributed by atoms with Crippen LogP contribution in [-0.2, 0) is 11.3 Å². The Hall–Kier alpha value is -3.35. The molecule has 4 heterocycles. The molecular formula is C21H22N4O3. The molecule has 0 radical (unpaired) electrons. The normalized spacial score (nSPS) is 16.7. The quantitative estimate of drug-likeness (QED) is 0.740. The van der Waals surface area contributed by atoms with Gasteiger partial charge in [-0.15, -0.1) is 0 Å². The van der Waals surface area contributed by atoms with Crippen molar-refractivity contribution in [2.75, 3.05) is 13.1 Å². The number of hydrogen-bond acceptors (Lipinski definition) is 4. The third-order valence-corrected chi connectivity index (χ3v) is 4.99. The number of aromatic nitrogens is 2. The van der Waals surface area contributed by atoms with E-state index in [1.54, 1.807) is 35.7 Å². The van der Waals surface area contributed by atoms with Crippen LogP contribution in [0.5, 0.6) is 0 Å². The van der Waals surface area contributed by atoms with Crippen molar-refractivity contribution in [2.24, 2.45) is 5.92 Å². The number of furan rings is 1. The van der Waals surface area contributed by atoms with Gasteiger partial charge >= 0.3 is 0 Å². The van der Waals surface area contributed by atoms with Gasteiger partial charge < -0.3 is 19.2 Å². The van der Waals surface area contributed by atoms with Crippen molar-refractivity contribution in [1.29, 1.82) is 0 Å². The first-order chi connectivity index (χ1) is 13.7. The van der Waals surface area contributed by atoms with Crippen molar-refractivity contribution in [2.45, 2.75) is 19.4 Å². The highest BCUT2D eigenvalue weighted by Gasteiger charge is 2.30. The van der Waals surface area contributed by atoms with Crippen molar-refractivity contribution >= 4 is 11.8 Å². The molecule has 0 aromatic carbocycles. The fourth-order valence-corrected chi connectivity index (χ4v) is 3.55. The minimum Gasteiger partial charge on any atom is -0.467 e. The molecule has 0 bridgehead atoms. The molecular weight excluding hydrogens is 356 g/mol. The van der Waals surface area contributed by atoms with E-state index >= 15 is 0 Å². The second-order valence-corrected chi connectivity index (χ2v) is 6.86. The number of rotatable bonds is 5. The van der Waals surface area contributed by atoms with Crippen molar-refractivity contribution in [1.82, 2.24) is 19.8 Å². The molecule has 0 spiro atoms. The maximum Gasteiger partial charge on any atom is 0.270 e. The summed E-state index contributed by atoms with van der Waals surface area (Å²) in [5, 5.41) is 2.90. The van der Waals surface area contributed by atoms with Crippen LogP contribution in [-0.4, -0.2) is 39.4 Å².